The van der Waals surface area contributed by atoms with Gasteiger partial charge in [0.15, 0.2) is 0 Å². The number of amides is 2. The number of carbonyl (C=O) groups excluding carboxylic acids is 2. The number of nitriles is 1. The Bertz CT molecular complexity index is 1310. The number of fused-ring (bicyclic) bond motifs is 1. The highest BCUT2D eigenvalue weighted by atomic mass is 32.2. The first-order valence-corrected chi connectivity index (χ1v) is 14.5. The molecule has 0 bridgehead atoms. The minimum absolute atomic E-state index is 0.0757. The van der Waals surface area contributed by atoms with Gasteiger partial charge in [-0.15, -0.1) is 11.3 Å². The maximum absolute atomic E-state index is 13.1. The summed E-state index contributed by atoms with van der Waals surface area (Å²) in [5, 5.41) is 13.1. The van der Waals surface area contributed by atoms with Crippen LogP contribution in [-0.2, 0) is 27.7 Å². The van der Waals surface area contributed by atoms with Crippen molar-refractivity contribution in [3.8, 4) is 6.07 Å². The second-order valence-electron chi connectivity index (χ2n) is 9.20. The van der Waals surface area contributed by atoms with E-state index in [1.165, 1.54) is 44.8 Å². The van der Waals surface area contributed by atoms with Crippen molar-refractivity contribution >= 4 is 38.4 Å². The van der Waals surface area contributed by atoms with Crippen molar-refractivity contribution in [1.29, 1.82) is 5.26 Å². The topological polar surface area (TPSA) is 123 Å². The van der Waals surface area contributed by atoms with Crippen molar-refractivity contribution in [2.24, 2.45) is 0 Å². The summed E-state index contributed by atoms with van der Waals surface area (Å²) in [6.07, 6.45) is 0.321. The molecule has 2 amide bonds. The molecule has 2 aliphatic heterocycles. The predicted octanol–water partition coefficient (Wildman–Crippen LogP) is 3.10. The number of nitrogens with one attached hydrogen (secondary N) is 1. The Labute approximate surface area is 221 Å². The summed E-state index contributed by atoms with van der Waals surface area (Å²) in [6.45, 7) is 8.72. The maximum atomic E-state index is 13.1. The first kappa shape index (κ1) is 27.1. The highest BCUT2D eigenvalue weighted by molar-refractivity contribution is 7.89. The molecule has 1 N–H and O–H groups in total. The van der Waals surface area contributed by atoms with E-state index in [-0.39, 0.29) is 37.7 Å². The fourth-order valence-corrected chi connectivity index (χ4v) is 7.14. The molecule has 1 aromatic carbocycles. The van der Waals surface area contributed by atoms with E-state index in [1.807, 2.05) is 0 Å². The molecule has 12 heteroatoms. The average Bonchev–Trinajstić information content (AvgIpc) is 3.24. The van der Waals surface area contributed by atoms with E-state index in [0.29, 0.717) is 22.2 Å². The van der Waals surface area contributed by atoms with E-state index >= 15 is 0 Å². The van der Waals surface area contributed by atoms with Crippen LogP contribution in [0.2, 0.25) is 0 Å². The van der Waals surface area contributed by atoms with Crippen LogP contribution in [0.4, 0.5) is 9.80 Å². The number of carbonyl (C=O) groups is 2. The molecule has 0 aliphatic carbocycles. The summed E-state index contributed by atoms with van der Waals surface area (Å²) >= 11 is 1.43. The highest BCUT2D eigenvalue weighted by Gasteiger charge is 2.31. The number of rotatable bonds is 6. The lowest BCUT2D eigenvalue weighted by atomic mass is 10.0. The van der Waals surface area contributed by atoms with Gasteiger partial charge in [-0.1, -0.05) is 0 Å². The summed E-state index contributed by atoms with van der Waals surface area (Å²) in [6, 6.07) is 8.40. The molecule has 0 saturated carbocycles. The predicted molar refractivity (Wildman–Crippen MR) is 140 cm³/mol. The molecule has 1 fully saturated rings. The molecule has 1 saturated heterocycles. The van der Waals surface area contributed by atoms with Crippen molar-refractivity contribution < 1.29 is 22.7 Å². The van der Waals surface area contributed by atoms with Gasteiger partial charge in [-0.2, -0.15) is 9.57 Å². The van der Waals surface area contributed by atoms with Crippen molar-refractivity contribution in [2.45, 2.75) is 44.7 Å². The zero-order valence-corrected chi connectivity index (χ0v) is 22.8. The van der Waals surface area contributed by atoms with Gasteiger partial charge < -0.3 is 15.0 Å². The molecule has 1 aromatic heterocycles. The number of benzene rings is 1. The molecular formula is C25H31N5O5S2. The van der Waals surface area contributed by atoms with Gasteiger partial charge in [-0.25, -0.2) is 13.2 Å². The molecule has 198 valence electrons. The number of hydrogen-bond donors (Lipinski definition) is 1. The molecule has 4 rings (SSSR count). The maximum Gasteiger partial charge on any atom is 0.409 e. The zero-order chi connectivity index (χ0) is 26.7. The molecule has 3 heterocycles. The lowest BCUT2D eigenvalue weighted by Gasteiger charge is -2.33. The molecule has 0 unspecified atom stereocenters. The van der Waals surface area contributed by atoms with Crippen LogP contribution >= 0.6 is 11.3 Å². The Morgan fingerprint density at radius 2 is 1.81 bits per heavy atom. The summed E-state index contributed by atoms with van der Waals surface area (Å²) in [7, 11) is -3.77. The molecule has 2 aliphatic rings. The number of hydrogen-bond acceptors (Lipinski definition) is 8. The second-order valence-corrected chi connectivity index (χ2v) is 12.2. The van der Waals surface area contributed by atoms with E-state index in [4.69, 9.17) is 4.74 Å². The molecule has 2 aromatic rings. The number of anilines is 1. The number of nitrogens with zero attached hydrogens (tertiary/aromatic N) is 4. The van der Waals surface area contributed by atoms with Crippen LogP contribution in [0.15, 0.2) is 29.2 Å². The standard InChI is InChI=1S/C25H31N5O5S2/c1-4-35-25(32)28-11-13-30(14-12-28)37(33,34)19-7-5-18(6-8-19)23(31)27-24-21(15-26)20-9-10-29(17(2)3)16-22(20)36-24/h5-8,17H,4,9-14,16H2,1-3H3,(H,27,31). The highest BCUT2D eigenvalue weighted by Crippen LogP contribution is 2.37. The van der Waals surface area contributed by atoms with Crippen molar-refractivity contribution in [3.05, 3.63) is 45.8 Å². The van der Waals surface area contributed by atoms with Gasteiger partial charge in [-0.05, 0) is 57.0 Å². The van der Waals surface area contributed by atoms with E-state index in [2.05, 4.69) is 30.1 Å². The van der Waals surface area contributed by atoms with Gasteiger partial charge in [-0.3, -0.25) is 9.69 Å². The van der Waals surface area contributed by atoms with Crippen LogP contribution < -0.4 is 5.32 Å². The Balaban J connectivity index is 1.43. The van der Waals surface area contributed by atoms with Gasteiger partial charge in [0.25, 0.3) is 5.91 Å². The number of piperazine rings is 1. The van der Waals surface area contributed by atoms with Gasteiger partial charge in [0.05, 0.1) is 17.1 Å². The Morgan fingerprint density at radius 3 is 2.41 bits per heavy atom. The number of sulfonamides is 1. The summed E-state index contributed by atoms with van der Waals surface area (Å²) in [4.78, 5) is 29.8. The largest absolute Gasteiger partial charge is 0.450 e. The Hall–Kier alpha value is -2.98. The van der Waals surface area contributed by atoms with Gasteiger partial charge in [0.1, 0.15) is 11.1 Å². The van der Waals surface area contributed by atoms with Crippen LogP contribution in [0.3, 0.4) is 0 Å². The normalized spacial score (nSPS) is 16.8. The Morgan fingerprint density at radius 1 is 1.14 bits per heavy atom. The lowest BCUT2D eigenvalue weighted by Crippen LogP contribution is -2.50. The van der Waals surface area contributed by atoms with Crippen LogP contribution in [0.1, 0.15) is 47.1 Å². The smallest absolute Gasteiger partial charge is 0.409 e. The van der Waals surface area contributed by atoms with Crippen molar-refractivity contribution in [1.82, 2.24) is 14.1 Å². The minimum Gasteiger partial charge on any atom is -0.450 e. The van der Waals surface area contributed by atoms with Crippen LogP contribution in [0.25, 0.3) is 0 Å². The quantitative estimate of drug-likeness (QED) is 0.592. The minimum atomic E-state index is -3.77. The SMILES string of the molecule is CCOC(=O)N1CCN(S(=O)(=O)c2ccc(C(=O)Nc3sc4c(c3C#N)CCN(C(C)C)C4)cc2)CC1. The first-order valence-electron chi connectivity index (χ1n) is 12.3. The lowest BCUT2D eigenvalue weighted by molar-refractivity contribution is 0.0933. The summed E-state index contributed by atoms with van der Waals surface area (Å²) < 4.78 is 32.5. The zero-order valence-electron chi connectivity index (χ0n) is 21.2. The van der Waals surface area contributed by atoms with Gasteiger partial charge in [0.2, 0.25) is 10.0 Å². The molecule has 0 atom stereocenters. The fourth-order valence-electron chi connectivity index (χ4n) is 4.50. The summed E-state index contributed by atoms with van der Waals surface area (Å²) in [5.74, 6) is -0.400. The Kier molecular flexibility index (Phi) is 8.18. The first-order chi connectivity index (χ1) is 17.6. The molecular weight excluding hydrogens is 514 g/mol. The molecule has 37 heavy (non-hydrogen) atoms. The fraction of sp³-hybridized carbons (Fsp3) is 0.480. The van der Waals surface area contributed by atoms with Crippen molar-refractivity contribution in [3.63, 3.8) is 0 Å². The van der Waals surface area contributed by atoms with Crippen molar-refractivity contribution in [2.75, 3.05) is 44.6 Å². The van der Waals surface area contributed by atoms with Gasteiger partial charge >= 0.3 is 6.09 Å². The van der Waals surface area contributed by atoms with E-state index in [1.54, 1.807) is 6.92 Å². The van der Waals surface area contributed by atoms with E-state index in [9.17, 15) is 23.3 Å². The third-order valence-corrected chi connectivity index (χ3v) is 9.72. The molecule has 0 spiro atoms. The average molecular weight is 546 g/mol. The van der Waals surface area contributed by atoms with Crippen LogP contribution in [0, 0.1) is 11.3 Å². The van der Waals surface area contributed by atoms with Crippen LogP contribution in [-0.4, -0.2) is 79.9 Å². The summed E-state index contributed by atoms with van der Waals surface area (Å²) in [5.41, 5.74) is 1.81. The van der Waals surface area contributed by atoms with Gasteiger partial charge in [0, 0.05) is 55.8 Å². The number of ether oxygens (including phenoxy) is 1. The van der Waals surface area contributed by atoms with E-state index in [0.717, 1.165) is 30.0 Å². The second kappa shape index (κ2) is 11.2. The third-order valence-electron chi connectivity index (χ3n) is 6.67. The third kappa shape index (κ3) is 5.65. The van der Waals surface area contributed by atoms with E-state index < -0.39 is 22.0 Å². The molecule has 10 nitrogen and oxygen atoms in total. The monoisotopic (exact) mass is 545 g/mol. The number of thiophene rings is 1. The van der Waals surface area contributed by atoms with Crippen LogP contribution in [0.5, 0.6) is 0 Å². The molecule has 0 radical (unpaired) electrons.